The highest BCUT2D eigenvalue weighted by Gasteiger charge is 2.12. The first-order chi connectivity index (χ1) is 9.92. The van der Waals surface area contributed by atoms with Crippen LogP contribution in [-0.2, 0) is 0 Å². The number of tetrazole rings is 1. The molecule has 4 aromatic rings. The minimum atomic E-state index is 0.678. The van der Waals surface area contributed by atoms with E-state index in [1.807, 2.05) is 54.6 Å². The van der Waals surface area contributed by atoms with Crippen molar-refractivity contribution < 1.29 is 0 Å². The van der Waals surface area contributed by atoms with Crippen molar-refractivity contribution >= 4 is 28.4 Å². The second-order valence-electron chi connectivity index (χ2n) is 4.24. The maximum Gasteiger partial charge on any atom is 0.212 e. The van der Waals surface area contributed by atoms with Crippen LogP contribution >= 0.6 is 11.8 Å². The molecule has 2 aromatic heterocycles. The van der Waals surface area contributed by atoms with E-state index >= 15 is 0 Å². The number of para-hydroxylation sites is 2. The van der Waals surface area contributed by atoms with Gasteiger partial charge in [-0.05, 0) is 34.7 Å². The van der Waals surface area contributed by atoms with Crippen molar-refractivity contribution in [3.63, 3.8) is 0 Å². The Balaban J connectivity index is 1.95. The van der Waals surface area contributed by atoms with E-state index in [1.54, 1.807) is 16.3 Å². The molecule has 20 heavy (non-hydrogen) atoms. The van der Waals surface area contributed by atoms with E-state index in [9.17, 15) is 0 Å². The van der Waals surface area contributed by atoms with Crippen LogP contribution in [0.5, 0.6) is 0 Å². The van der Waals surface area contributed by atoms with E-state index in [0.29, 0.717) is 5.65 Å². The lowest BCUT2D eigenvalue weighted by atomic mass is 10.3. The third kappa shape index (κ3) is 1.81. The second-order valence-corrected chi connectivity index (χ2v) is 5.30. The van der Waals surface area contributed by atoms with E-state index in [1.165, 1.54) is 0 Å². The average Bonchev–Trinajstić information content (AvgIpc) is 2.98. The largest absolute Gasteiger partial charge is 0.235 e. The summed E-state index contributed by atoms with van der Waals surface area (Å²) in [6, 6.07) is 17.9. The van der Waals surface area contributed by atoms with Gasteiger partial charge in [0.2, 0.25) is 5.65 Å². The van der Waals surface area contributed by atoms with Gasteiger partial charge in [0, 0.05) is 4.90 Å². The van der Waals surface area contributed by atoms with Gasteiger partial charge in [0.25, 0.3) is 0 Å². The molecule has 0 fully saturated rings. The number of fused-ring (bicyclic) bond motifs is 3. The van der Waals surface area contributed by atoms with Crippen molar-refractivity contribution in [2.45, 2.75) is 9.92 Å². The maximum absolute atomic E-state index is 4.67. The van der Waals surface area contributed by atoms with Gasteiger partial charge in [0.05, 0.1) is 11.0 Å². The van der Waals surface area contributed by atoms with Crippen LogP contribution in [0, 0.1) is 0 Å². The van der Waals surface area contributed by atoms with Crippen LogP contribution in [0.1, 0.15) is 0 Å². The molecule has 96 valence electrons. The summed E-state index contributed by atoms with van der Waals surface area (Å²) in [5, 5.41) is 12.7. The van der Waals surface area contributed by atoms with Gasteiger partial charge in [-0.25, -0.2) is 4.98 Å². The molecule has 2 heterocycles. The SMILES string of the molecule is c1ccc(Sc2nc3ccccc3n3nnnc23)cc1. The summed E-state index contributed by atoms with van der Waals surface area (Å²) < 4.78 is 1.73. The standard InChI is InChI=1S/C14H9N5S/c1-2-6-10(7-3-1)20-14-13-16-17-18-19(13)12-9-5-4-8-11(12)15-14/h1-9H. The van der Waals surface area contributed by atoms with Gasteiger partial charge in [-0.1, -0.05) is 42.1 Å². The molecule has 5 nitrogen and oxygen atoms in total. The fraction of sp³-hybridized carbons (Fsp3) is 0. The molecule has 0 amide bonds. The van der Waals surface area contributed by atoms with Crippen molar-refractivity contribution in [2.24, 2.45) is 0 Å². The molecule has 0 bridgehead atoms. The van der Waals surface area contributed by atoms with Crippen LogP contribution < -0.4 is 0 Å². The topological polar surface area (TPSA) is 56.0 Å². The summed E-state index contributed by atoms with van der Waals surface area (Å²) in [7, 11) is 0. The van der Waals surface area contributed by atoms with Crippen LogP contribution in [-0.4, -0.2) is 25.0 Å². The van der Waals surface area contributed by atoms with E-state index < -0.39 is 0 Å². The lowest BCUT2D eigenvalue weighted by Gasteiger charge is -2.04. The second kappa shape index (κ2) is 4.57. The first-order valence-corrected chi connectivity index (χ1v) is 6.93. The molecule has 0 aliphatic carbocycles. The zero-order valence-corrected chi connectivity index (χ0v) is 11.2. The highest BCUT2D eigenvalue weighted by atomic mass is 32.2. The van der Waals surface area contributed by atoms with Gasteiger partial charge in [0.1, 0.15) is 5.03 Å². The Labute approximate surface area is 118 Å². The summed E-state index contributed by atoms with van der Waals surface area (Å²) in [4.78, 5) is 5.78. The van der Waals surface area contributed by atoms with Crippen molar-refractivity contribution in [3.05, 3.63) is 54.6 Å². The quantitative estimate of drug-likeness (QED) is 0.564. The lowest BCUT2D eigenvalue weighted by Crippen LogP contribution is -1.96. The first-order valence-electron chi connectivity index (χ1n) is 6.11. The molecule has 0 atom stereocenters. The Bertz CT molecular complexity index is 888. The first kappa shape index (κ1) is 11.4. The Morgan fingerprint density at radius 3 is 2.60 bits per heavy atom. The molecule has 0 saturated carbocycles. The van der Waals surface area contributed by atoms with Crippen LogP contribution in [0.15, 0.2) is 64.5 Å². The number of hydrogen-bond donors (Lipinski definition) is 0. The summed E-state index contributed by atoms with van der Waals surface area (Å²) >= 11 is 1.56. The van der Waals surface area contributed by atoms with Gasteiger partial charge in [0.15, 0.2) is 0 Å². The van der Waals surface area contributed by atoms with Crippen LogP contribution in [0.3, 0.4) is 0 Å². The highest BCUT2D eigenvalue weighted by Crippen LogP contribution is 2.29. The normalized spacial score (nSPS) is 11.2. The van der Waals surface area contributed by atoms with E-state index in [4.69, 9.17) is 0 Å². The highest BCUT2D eigenvalue weighted by molar-refractivity contribution is 7.99. The molecule has 2 aromatic carbocycles. The Kier molecular flexibility index (Phi) is 2.60. The van der Waals surface area contributed by atoms with E-state index in [-0.39, 0.29) is 0 Å². The fourth-order valence-corrected chi connectivity index (χ4v) is 2.93. The molecule has 0 unspecified atom stereocenters. The Morgan fingerprint density at radius 2 is 1.70 bits per heavy atom. The molecular formula is C14H9N5S. The zero-order chi connectivity index (χ0) is 13.4. The lowest BCUT2D eigenvalue weighted by molar-refractivity contribution is 0.839. The molecule has 0 spiro atoms. The van der Waals surface area contributed by atoms with Gasteiger partial charge in [-0.3, -0.25) is 0 Å². The predicted molar refractivity (Wildman–Crippen MR) is 76.6 cm³/mol. The summed E-state index contributed by atoms with van der Waals surface area (Å²) in [5.41, 5.74) is 2.47. The van der Waals surface area contributed by atoms with Crippen molar-refractivity contribution in [1.82, 2.24) is 25.0 Å². The number of nitrogens with zero attached hydrogens (tertiary/aromatic N) is 5. The summed E-state index contributed by atoms with van der Waals surface area (Å²) in [6.45, 7) is 0. The maximum atomic E-state index is 4.67. The average molecular weight is 279 g/mol. The number of aromatic nitrogens is 5. The third-order valence-corrected chi connectivity index (χ3v) is 3.93. The fourth-order valence-electron chi connectivity index (χ4n) is 2.05. The van der Waals surface area contributed by atoms with Crippen molar-refractivity contribution in [3.8, 4) is 0 Å². The minimum Gasteiger partial charge on any atom is -0.235 e. The molecule has 4 rings (SSSR count). The third-order valence-electron chi connectivity index (χ3n) is 2.95. The summed E-state index contributed by atoms with van der Waals surface area (Å²) in [5.74, 6) is 0. The molecule has 0 radical (unpaired) electrons. The minimum absolute atomic E-state index is 0.678. The van der Waals surface area contributed by atoms with Crippen molar-refractivity contribution in [2.75, 3.05) is 0 Å². The molecule has 0 aliphatic heterocycles. The number of rotatable bonds is 2. The zero-order valence-electron chi connectivity index (χ0n) is 10.3. The monoisotopic (exact) mass is 279 g/mol. The predicted octanol–water partition coefficient (Wildman–Crippen LogP) is 2.82. The summed E-state index contributed by atoms with van der Waals surface area (Å²) in [6.07, 6.45) is 0. The Hall–Kier alpha value is -2.47. The molecular weight excluding hydrogens is 270 g/mol. The smallest absolute Gasteiger partial charge is 0.212 e. The van der Waals surface area contributed by atoms with Gasteiger partial charge in [-0.15, -0.1) is 5.10 Å². The van der Waals surface area contributed by atoms with Crippen LogP contribution in [0.25, 0.3) is 16.7 Å². The molecule has 0 N–H and O–H groups in total. The van der Waals surface area contributed by atoms with Gasteiger partial charge >= 0.3 is 0 Å². The van der Waals surface area contributed by atoms with E-state index in [0.717, 1.165) is 21.0 Å². The van der Waals surface area contributed by atoms with Crippen LogP contribution in [0.2, 0.25) is 0 Å². The number of benzene rings is 2. The molecule has 6 heteroatoms. The van der Waals surface area contributed by atoms with Crippen molar-refractivity contribution in [1.29, 1.82) is 0 Å². The van der Waals surface area contributed by atoms with Gasteiger partial charge < -0.3 is 0 Å². The van der Waals surface area contributed by atoms with Crippen LogP contribution in [0.4, 0.5) is 0 Å². The molecule has 0 aliphatic rings. The van der Waals surface area contributed by atoms with Gasteiger partial charge in [-0.2, -0.15) is 4.52 Å². The van der Waals surface area contributed by atoms with E-state index in [2.05, 4.69) is 20.5 Å². The number of hydrogen-bond acceptors (Lipinski definition) is 5. The Morgan fingerprint density at radius 1 is 0.900 bits per heavy atom. The molecule has 0 saturated heterocycles.